The summed E-state index contributed by atoms with van der Waals surface area (Å²) in [6, 6.07) is 13.3. The molecule has 0 spiro atoms. The van der Waals surface area contributed by atoms with Gasteiger partial charge in [-0.25, -0.2) is 4.98 Å². The molecule has 0 bridgehead atoms. The fourth-order valence-electron chi connectivity index (χ4n) is 3.78. The van der Waals surface area contributed by atoms with E-state index >= 15 is 0 Å². The van der Waals surface area contributed by atoms with Crippen LogP contribution in [0.15, 0.2) is 66.6 Å². The average molecular weight is 409 g/mol. The van der Waals surface area contributed by atoms with Gasteiger partial charge in [0.1, 0.15) is 6.04 Å². The second-order valence-electron chi connectivity index (χ2n) is 7.26. The summed E-state index contributed by atoms with van der Waals surface area (Å²) in [6.07, 6.45) is 7.85. The topological polar surface area (TPSA) is 67.2 Å². The number of rotatable bonds is 6. The van der Waals surface area contributed by atoms with Crippen LogP contribution in [0, 0.1) is 0 Å². The Hall–Kier alpha value is -2.93. The van der Waals surface area contributed by atoms with Crippen LogP contribution >= 0.6 is 11.3 Å². The highest BCUT2D eigenvalue weighted by Crippen LogP contribution is 2.23. The third kappa shape index (κ3) is 4.74. The van der Waals surface area contributed by atoms with Gasteiger partial charge in [-0.1, -0.05) is 36.4 Å². The van der Waals surface area contributed by atoms with Crippen molar-refractivity contribution in [3.8, 4) is 0 Å². The number of hydrogen-bond acceptors (Lipinski definition) is 4. The Labute approximate surface area is 174 Å². The number of carbonyl (C=O) groups is 2. The maximum Gasteiger partial charge on any atom is 0.262 e. The molecule has 0 radical (unpaired) electrons. The second kappa shape index (κ2) is 9.05. The van der Waals surface area contributed by atoms with Gasteiger partial charge in [-0.3, -0.25) is 9.59 Å². The number of nitrogens with one attached hydrogen (secondary N) is 1. The second-order valence-corrected chi connectivity index (χ2v) is 8.21. The quantitative estimate of drug-likeness (QED) is 0.681. The van der Waals surface area contributed by atoms with Gasteiger partial charge in [0.2, 0.25) is 5.91 Å². The highest BCUT2D eigenvalue weighted by molar-refractivity contribution is 7.12. The van der Waals surface area contributed by atoms with Crippen LogP contribution in [0.5, 0.6) is 0 Å². The van der Waals surface area contributed by atoms with Gasteiger partial charge >= 0.3 is 0 Å². The van der Waals surface area contributed by atoms with Crippen LogP contribution in [0.3, 0.4) is 0 Å². The standard InChI is InChI=1S/C22H24N4O2S/c27-21(20-7-4-14-29-20)24-19(15-17-5-2-1-3-6-17)22(28)25-11-8-18(9-12-25)26-13-10-23-16-26/h1-7,10,13-14,16,18-19H,8-9,11-12,15H2,(H,24,27). The number of thiophene rings is 1. The number of amides is 2. The lowest BCUT2D eigenvalue weighted by molar-refractivity contribution is -0.134. The average Bonchev–Trinajstić information content (AvgIpc) is 3.48. The summed E-state index contributed by atoms with van der Waals surface area (Å²) in [5.74, 6) is -0.203. The molecule has 1 aliphatic rings. The van der Waals surface area contributed by atoms with Gasteiger partial charge in [-0.05, 0) is 29.9 Å². The zero-order valence-corrected chi connectivity index (χ0v) is 16.9. The molecule has 1 aromatic carbocycles. The SMILES string of the molecule is O=C(NC(Cc1ccccc1)C(=O)N1CCC(n2ccnc2)CC1)c1cccs1. The molecule has 2 aromatic heterocycles. The lowest BCUT2D eigenvalue weighted by Crippen LogP contribution is -2.51. The Balaban J connectivity index is 1.44. The molecule has 1 fully saturated rings. The van der Waals surface area contributed by atoms with E-state index in [1.807, 2.05) is 59.2 Å². The van der Waals surface area contributed by atoms with E-state index < -0.39 is 6.04 Å². The molecule has 1 N–H and O–H groups in total. The van der Waals surface area contributed by atoms with Crippen molar-refractivity contribution in [1.82, 2.24) is 19.8 Å². The van der Waals surface area contributed by atoms with Crippen LogP contribution in [0.25, 0.3) is 0 Å². The van der Waals surface area contributed by atoms with Crippen molar-refractivity contribution < 1.29 is 9.59 Å². The minimum Gasteiger partial charge on any atom is -0.341 e. The Kier molecular flexibility index (Phi) is 6.05. The third-order valence-corrected chi connectivity index (χ3v) is 6.22. The molecule has 29 heavy (non-hydrogen) atoms. The predicted molar refractivity (Wildman–Crippen MR) is 113 cm³/mol. The van der Waals surface area contributed by atoms with Crippen LogP contribution in [0.4, 0.5) is 0 Å². The van der Waals surface area contributed by atoms with Gasteiger partial charge < -0.3 is 14.8 Å². The normalized spacial score (nSPS) is 15.8. The number of hydrogen-bond donors (Lipinski definition) is 1. The molecule has 1 atom stereocenters. The molecule has 3 aromatic rings. The summed E-state index contributed by atoms with van der Waals surface area (Å²) in [6.45, 7) is 1.36. The van der Waals surface area contributed by atoms with Gasteiger partial charge in [0.05, 0.1) is 11.2 Å². The van der Waals surface area contributed by atoms with Gasteiger partial charge in [-0.2, -0.15) is 0 Å². The van der Waals surface area contributed by atoms with E-state index in [1.165, 1.54) is 11.3 Å². The first-order valence-corrected chi connectivity index (χ1v) is 10.7. The third-order valence-electron chi connectivity index (χ3n) is 5.35. The van der Waals surface area contributed by atoms with Crippen molar-refractivity contribution in [2.75, 3.05) is 13.1 Å². The summed E-state index contributed by atoms with van der Waals surface area (Å²) in [7, 11) is 0. The molecular formula is C22H24N4O2S. The van der Waals surface area contributed by atoms with Crippen LogP contribution in [-0.2, 0) is 11.2 Å². The molecule has 1 saturated heterocycles. The highest BCUT2D eigenvalue weighted by atomic mass is 32.1. The van der Waals surface area contributed by atoms with Crippen molar-refractivity contribution in [1.29, 1.82) is 0 Å². The van der Waals surface area contributed by atoms with Gasteiger partial charge in [0.15, 0.2) is 0 Å². The van der Waals surface area contributed by atoms with Crippen molar-refractivity contribution in [2.45, 2.75) is 31.3 Å². The molecule has 6 nitrogen and oxygen atoms in total. The number of benzene rings is 1. The zero-order valence-electron chi connectivity index (χ0n) is 16.1. The predicted octanol–water partition coefficient (Wildman–Crippen LogP) is 3.15. The fourth-order valence-corrected chi connectivity index (χ4v) is 4.40. The molecule has 1 unspecified atom stereocenters. The molecule has 2 amide bonds. The molecule has 4 rings (SSSR count). The van der Waals surface area contributed by atoms with Gasteiger partial charge in [0, 0.05) is 37.9 Å². The minimum atomic E-state index is -0.572. The number of likely N-dealkylation sites (tertiary alicyclic amines) is 1. The van der Waals surface area contributed by atoms with Crippen molar-refractivity contribution in [2.24, 2.45) is 0 Å². The Morgan fingerprint density at radius 3 is 2.59 bits per heavy atom. The van der Waals surface area contributed by atoms with Gasteiger partial charge in [-0.15, -0.1) is 11.3 Å². The summed E-state index contributed by atoms with van der Waals surface area (Å²) >= 11 is 1.38. The molecule has 1 aliphatic heterocycles. The first kappa shape index (κ1) is 19.4. The van der Waals surface area contributed by atoms with E-state index in [0.29, 0.717) is 30.4 Å². The summed E-state index contributed by atoms with van der Waals surface area (Å²) in [5.41, 5.74) is 1.03. The van der Waals surface area contributed by atoms with E-state index in [4.69, 9.17) is 0 Å². The van der Waals surface area contributed by atoms with Crippen molar-refractivity contribution in [3.63, 3.8) is 0 Å². The zero-order chi connectivity index (χ0) is 20.1. The number of piperidine rings is 1. The van der Waals surface area contributed by atoms with Crippen LogP contribution in [-0.4, -0.2) is 45.4 Å². The molecule has 0 aliphatic carbocycles. The van der Waals surface area contributed by atoms with E-state index in [1.54, 1.807) is 12.3 Å². The number of imidazole rings is 1. The summed E-state index contributed by atoms with van der Waals surface area (Å²) in [5, 5.41) is 4.83. The van der Waals surface area contributed by atoms with Crippen LogP contribution in [0.2, 0.25) is 0 Å². The first-order valence-electron chi connectivity index (χ1n) is 9.85. The number of nitrogens with zero attached hydrogens (tertiary/aromatic N) is 3. The molecule has 150 valence electrons. The lowest BCUT2D eigenvalue weighted by Gasteiger charge is -2.35. The Morgan fingerprint density at radius 1 is 1.14 bits per heavy atom. The highest BCUT2D eigenvalue weighted by Gasteiger charge is 2.30. The summed E-state index contributed by atoms with van der Waals surface area (Å²) in [4.78, 5) is 32.5. The number of aromatic nitrogens is 2. The maximum atomic E-state index is 13.3. The van der Waals surface area contributed by atoms with Crippen LogP contribution in [0.1, 0.15) is 34.1 Å². The smallest absolute Gasteiger partial charge is 0.262 e. The van der Waals surface area contributed by atoms with Crippen molar-refractivity contribution >= 4 is 23.2 Å². The molecule has 0 saturated carbocycles. The molecule has 7 heteroatoms. The lowest BCUT2D eigenvalue weighted by atomic mass is 10.0. The van der Waals surface area contributed by atoms with Gasteiger partial charge in [0.25, 0.3) is 5.91 Å². The number of carbonyl (C=O) groups excluding carboxylic acids is 2. The van der Waals surface area contributed by atoms with E-state index in [9.17, 15) is 9.59 Å². The van der Waals surface area contributed by atoms with E-state index in [2.05, 4.69) is 14.9 Å². The molecular weight excluding hydrogens is 384 g/mol. The molecule has 3 heterocycles. The van der Waals surface area contributed by atoms with Crippen LogP contribution < -0.4 is 5.32 Å². The minimum absolute atomic E-state index is 0.0113. The maximum absolute atomic E-state index is 13.3. The van der Waals surface area contributed by atoms with E-state index in [0.717, 1.165) is 18.4 Å². The fraction of sp³-hybridized carbons (Fsp3) is 0.318. The monoisotopic (exact) mass is 408 g/mol. The summed E-state index contributed by atoms with van der Waals surface area (Å²) < 4.78 is 2.11. The van der Waals surface area contributed by atoms with E-state index in [-0.39, 0.29) is 11.8 Å². The Morgan fingerprint density at radius 2 is 1.93 bits per heavy atom. The Bertz CT molecular complexity index is 917. The largest absolute Gasteiger partial charge is 0.341 e. The first-order chi connectivity index (χ1) is 14.2. The van der Waals surface area contributed by atoms with Crippen molar-refractivity contribution in [3.05, 3.63) is 77.0 Å².